The van der Waals surface area contributed by atoms with Crippen LogP contribution >= 0.6 is 15.9 Å². The summed E-state index contributed by atoms with van der Waals surface area (Å²) in [6, 6.07) is 5.68. The minimum atomic E-state index is 0.609. The molecule has 3 rings (SSSR count). The van der Waals surface area contributed by atoms with E-state index in [0.717, 1.165) is 21.4 Å². The molecule has 0 fully saturated rings. The van der Waals surface area contributed by atoms with Crippen LogP contribution in [-0.2, 0) is 0 Å². The van der Waals surface area contributed by atoms with Gasteiger partial charge < -0.3 is 10.2 Å². The van der Waals surface area contributed by atoms with E-state index in [2.05, 4.69) is 20.9 Å². The Balaban J connectivity index is 2.36. The molecule has 0 bridgehead atoms. The average molecular weight is 278 g/mol. The van der Waals surface area contributed by atoms with E-state index >= 15 is 0 Å². The SMILES string of the molecule is Nc1c(-c2ccoc2)nc2c(Br)cccn12. The van der Waals surface area contributed by atoms with Crippen LogP contribution in [0.4, 0.5) is 5.82 Å². The van der Waals surface area contributed by atoms with Crippen molar-refractivity contribution < 1.29 is 4.42 Å². The van der Waals surface area contributed by atoms with Gasteiger partial charge >= 0.3 is 0 Å². The van der Waals surface area contributed by atoms with Crippen LogP contribution in [0.2, 0.25) is 0 Å². The van der Waals surface area contributed by atoms with Crippen LogP contribution in [0.25, 0.3) is 16.9 Å². The van der Waals surface area contributed by atoms with E-state index < -0.39 is 0 Å². The van der Waals surface area contributed by atoms with E-state index in [1.807, 2.05) is 28.8 Å². The van der Waals surface area contributed by atoms with E-state index in [9.17, 15) is 0 Å². The van der Waals surface area contributed by atoms with Gasteiger partial charge in [-0.25, -0.2) is 4.98 Å². The Morgan fingerprint density at radius 3 is 2.94 bits per heavy atom. The molecule has 80 valence electrons. The summed E-state index contributed by atoms with van der Waals surface area (Å²) < 4.78 is 7.79. The van der Waals surface area contributed by atoms with Crippen LogP contribution in [0.3, 0.4) is 0 Å². The van der Waals surface area contributed by atoms with Crippen molar-refractivity contribution in [2.24, 2.45) is 0 Å². The standard InChI is InChI=1S/C11H8BrN3O/c12-8-2-1-4-15-10(13)9(14-11(8)15)7-3-5-16-6-7/h1-6H,13H2. The van der Waals surface area contributed by atoms with Crippen molar-refractivity contribution in [3.8, 4) is 11.3 Å². The van der Waals surface area contributed by atoms with Crippen LogP contribution in [0.1, 0.15) is 0 Å². The lowest BCUT2D eigenvalue weighted by atomic mass is 10.2. The fraction of sp³-hybridized carbons (Fsp3) is 0. The summed E-state index contributed by atoms with van der Waals surface area (Å²) in [5.41, 5.74) is 8.46. The molecular weight excluding hydrogens is 270 g/mol. The molecule has 0 radical (unpaired) electrons. The van der Waals surface area contributed by atoms with Crippen LogP contribution < -0.4 is 5.73 Å². The molecule has 3 heterocycles. The summed E-state index contributed by atoms with van der Waals surface area (Å²) in [4.78, 5) is 4.49. The third-order valence-corrected chi connectivity index (χ3v) is 3.05. The normalized spacial score (nSPS) is 11.1. The molecule has 3 aromatic heterocycles. The molecule has 0 unspecified atom stereocenters. The van der Waals surface area contributed by atoms with Gasteiger partial charge in [-0.1, -0.05) is 0 Å². The largest absolute Gasteiger partial charge is 0.472 e. The fourth-order valence-corrected chi connectivity index (χ4v) is 2.10. The first-order valence-electron chi connectivity index (χ1n) is 4.72. The molecule has 2 N–H and O–H groups in total. The van der Waals surface area contributed by atoms with Crippen LogP contribution in [-0.4, -0.2) is 9.38 Å². The van der Waals surface area contributed by atoms with Gasteiger partial charge in [0.1, 0.15) is 11.5 Å². The van der Waals surface area contributed by atoms with Gasteiger partial charge in [0, 0.05) is 11.8 Å². The van der Waals surface area contributed by atoms with Crippen LogP contribution in [0, 0.1) is 0 Å². The smallest absolute Gasteiger partial charge is 0.153 e. The number of hydrogen-bond acceptors (Lipinski definition) is 3. The van der Waals surface area contributed by atoms with Gasteiger partial charge in [0.2, 0.25) is 0 Å². The number of anilines is 1. The van der Waals surface area contributed by atoms with Gasteiger partial charge in [-0.05, 0) is 34.1 Å². The number of halogens is 1. The maximum Gasteiger partial charge on any atom is 0.153 e. The Morgan fingerprint density at radius 1 is 1.38 bits per heavy atom. The Kier molecular flexibility index (Phi) is 2.00. The molecule has 0 spiro atoms. The topological polar surface area (TPSA) is 56.5 Å². The van der Waals surface area contributed by atoms with Gasteiger partial charge in [-0.3, -0.25) is 4.40 Å². The molecule has 0 amide bonds. The van der Waals surface area contributed by atoms with E-state index in [1.54, 1.807) is 12.5 Å². The van der Waals surface area contributed by atoms with Crippen molar-refractivity contribution in [1.82, 2.24) is 9.38 Å². The maximum atomic E-state index is 6.04. The van der Waals surface area contributed by atoms with E-state index in [0.29, 0.717) is 5.82 Å². The Bertz CT molecular complexity index is 643. The van der Waals surface area contributed by atoms with Crippen molar-refractivity contribution in [3.05, 3.63) is 41.4 Å². The maximum absolute atomic E-state index is 6.04. The van der Waals surface area contributed by atoms with Crippen molar-refractivity contribution in [3.63, 3.8) is 0 Å². The number of nitrogen functional groups attached to an aromatic ring is 1. The van der Waals surface area contributed by atoms with Gasteiger partial charge in [-0.2, -0.15) is 0 Å². The lowest BCUT2D eigenvalue weighted by Gasteiger charge is -1.96. The van der Waals surface area contributed by atoms with E-state index in [-0.39, 0.29) is 0 Å². The number of pyridine rings is 1. The number of rotatable bonds is 1. The van der Waals surface area contributed by atoms with Crippen molar-refractivity contribution in [2.45, 2.75) is 0 Å². The third-order valence-electron chi connectivity index (χ3n) is 2.43. The number of furan rings is 1. The zero-order chi connectivity index (χ0) is 11.1. The second-order valence-corrected chi connectivity index (χ2v) is 4.26. The van der Waals surface area contributed by atoms with Crippen molar-refractivity contribution in [1.29, 1.82) is 0 Å². The van der Waals surface area contributed by atoms with Gasteiger partial charge in [0.05, 0.1) is 17.0 Å². The summed E-state index contributed by atoms with van der Waals surface area (Å²) in [6.07, 6.45) is 5.12. The van der Waals surface area contributed by atoms with Gasteiger partial charge in [-0.15, -0.1) is 0 Å². The molecule has 4 nitrogen and oxygen atoms in total. The van der Waals surface area contributed by atoms with Gasteiger partial charge in [0.15, 0.2) is 5.65 Å². The summed E-state index contributed by atoms with van der Waals surface area (Å²) in [5, 5.41) is 0. The molecule has 16 heavy (non-hydrogen) atoms. The van der Waals surface area contributed by atoms with Crippen LogP contribution in [0.15, 0.2) is 45.8 Å². The van der Waals surface area contributed by atoms with E-state index in [1.165, 1.54) is 0 Å². The molecule has 0 saturated heterocycles. The van der Waals surface area contributed by atoms with E-state index in [4.69, 9.17) is 10.2 Å². The lowest BCUT2D eigenvalue weighted by Crippen LogP contribution is -1.93. The predicted octanol–water partition coefficient (Wildman–Crippen LogP) is 2.94. The minimum Gasteiger partial charge on any atom is -0.472 e. The molecule has 0 atom stereocenters. The minimum absolute atomic E-state index is 0.609. The highest BCUT2D eigenvalue weighted by atomic mass is 79.9. The van der Waals surface area contributed by atoms with Crippen molar-refractivity contribution in [2.75, 3.05) is 5.73 Å². The fourth-order valence-electron chi connectivity index (χ4n) is 1.66. The Morgan fingerprint density at radius 2 is 2.25 bits per heavy atom. The molecule has 0 aliphatic heterocycles. The molecule has 0 aromatic carbocycles. The molecule has 5 heteroatoms. The summed E-state index contributed by atoms with van der Waals surface area (Å²) >= 11 is 3.45. The highest BCUT2D eigenvalue weighted by Gasteiger charge is 2.13. The number of nitrogens with zero attached hydrogens (tertiary/aromatic N) is 2. The second kappa shape index (κ2) is 3.38. The zero-order valence-electron chi connectivity index (χ0n) is 8.22. The summed E-state index contributed by atoms with van der Waals surface area (Å²) in [5.74, 6) is 0.609. The third kappa shape index (κ3) is 1.25. The molecule has 0 aliphatic carbocycles. The predicted molar refractivity (Wildman–Crippen MR) is 65.0 cm³/mol. The first kappa shape index (κ1) is 9.47. The molecule has 3 aromatic rings. The number of imidazole rings is 1. The highest BCUT2D eigenvalue weighted by molar-refractivity contribution is 9.10. The monoisotopic (exact) mass is 277 g/mol. The average Bonchev–Trinajstić information content (AvgIpc) is 2.88. The number of fused-ring (bicyclic) bond motifs is 1. The Labute approximate surface area is 99.8 Å². The van der Waals surface area contributed by atoms with Crippen molar-refractivity contribution >= 4 is 27.4 Å². The number of hydrogen-bond donors (Lipinski definition) is 1. The second-order valence-electron chi connectivity index (χ2n) is 3.41. The zero-order valence-corrected chi connectivity index (χ0v) is 9.81. The molecular formula is C11H8BrN3O. The number of nitrogens with two attached hydrogens (primary N) is 1. The lowest BCUT2D eigenvalue weighted by molar-refractivity contribution is 0.568. The van der Waals surface area contributed by atoms with Gasteiger partial charge in [0.25, 0.3) is 0 Å². The summed E-state index contributed by atoms with van der Waals surface area (Å²) in [6.45, 7) is 0. The first-order chi connectivity index (χ1) is 7.77. The first-order valence-corrected chi connectivity index (χ1v) is 5.51. The van der Waals surface area contributed by atoms with Crippen LogP contribution in [0.5, 0.6) is 0 Å². The highest BCUT2D eigenvalue weighted by Crippen LogP contribution is 2.29. The molecule has 0 saturated carbocycles. The number of aromatic nitrogens is 2. The quantitative estimate of drug-likeness (QED) is 0.744. The summed E-state index contributed by atoms with van der Waals surface area (Å²) in [7, 11) is 0. The Hall–Kier alpha value is -1.75. The molecule has 0 aliphatic rings.